The van der Waals surface area contributed by atoms with Gasteiger partial charge >= 0.3 is 0 Å². The van der Waals surface area contributed by atoms with Gasteiger partial charge in [-0.2, -0.15) is 0 Å². The fourth-order valence-corrected chi connectivity index (χ4v) is 5.14. The number of sulfonamides is 1. The summed E-state index contributed by atoms with van der Waals surface area (Å²) in [5.41, 5.74) is 0.576. The van der Waals surface area contributed by atoms with E-state index in [1.165, 1.54) is 9.21 Å². The summed E-state index contributed by atoms with van der Waals surface area (Å²) in [6.45, 7) is 7.39. The molecule has 0 aromatic heterocycles. The molecule has 0 heterocycles. The monoisotopic (exact) mass is 575 g/mol. The lowest BCUT2D eigenvalue weighted by molar-refractivity contribution is -0.141. The van der Waals surface area contributed by atoms with Gasteiger partial charge in [0.1, 0.15) is 6.04 Å². The smallest absolute Gasteiger partial charge is 0.242 e. The molecule has 36 heavy (non-hydrogen) atoms. The number of rotatable bonds is 10. The van der Waals surface area contributed by atoms with Gasteiger partial charge in [0.15, 0.2) is 0 Å². The van der Waals surface area contributed by atoms with Crippen LogP contribution in [0.3, 0.4) is 0 Å². The molecule has 2 aromatic carbocycles. The molecule has 0 aliphatic carbocycles. The maximum absolute atomic E-state index is 13.3. The van der Waals surface area contributed by atoms with Gasteiger partial charge in [-0.1, -0.05) is 46.9 Å². The molecule has 0 spiro atoms. The highest BCUT2D eigenvalue weighted by atomic mass is 35.5. The second kappa shape index (κ2) is 12.5. The van der Waals surface area contributed by atoms with E-state index < -0.39 is 21.6 Å². The van der Waals surface area contributed by atoms with Gasteiger partial charge in [-0.3, -0.25) is 13.9 Å². The summed E-state index contributed by atoms with van der Waals surface area (Å²) in [4.78, 5) is 27.7. The standard InChI is InChI=1S/C25H32Cl3N3O4S/c1-17(24(33)29-25(2,3)4)30(16-18-11-12-20(27)15-22(18)28)23(32)10-7-13-31(36(5,34)35)21-9-6-8-19(26)14-21/h6,8-9,11-12,14-15,17H,7,10,13,16H2,1-5H3,(H,29,33)/t17-/m1/s1. The number of hydrogen-bond acceptors (Lipinski definition) is 4. The van der Waals surface area contributed by atoms with E-state index in [0.29, 0.717) is 26.3 Å². The van der Waals surface area contributed by atoms with Crippen molar-refractivity contribution in [2.75, 3.05) is 17.1 Å². The highest BCUT2D eigenvalue weighted by Crippen LogP contribution is 2.25. The summed E-state index contributed by atoms with van der Waals surface area (Å²) in [6.07, 6.45) is 1.35. The summed E-state index contributed by atoms with van der Waals surface area (Å²) in [5, 5.41) is 4.14. The summed E-state index contributed by atoms with van der Waals surface area (Å²) >= 11 is 18.4. The zero-order valence-electron chi connectivity index (χ0n) is 21.0. The molecule has 7 nitrogen and oxygen atoms in total. The van der Waals surface area contributed by atoms with Gasteiger partial charge in [0.2, 0.25) is 21.8 Å². The van der Waals surface area contributed by atoms with Crippen LogP contribution < -0.4 is 9.62 Å². The first-order valence-electron chi connectivity index (χ1n) is 11.4. The SMILES string of the molecule is C[C@H](C(=O)NC(C)(C)C)N(Cc1ccc(Cl)cc1Cl)C(=O)CCCN(c1cccc(Cl)c1)S(C)(=O)=O. The minimum atomic E-state index is -3.61. The Morgan fingerprint density at radius 1 is 1.03 bits per heavy atom. The van der Waals surface area contributed by atoms with Crippen molar-refractivity contribution >= 4 is 62.3 Å². The van der Waals surface area contributed by atoms with E-state index in [-0.39, 0.29) is 37.7 Å². The number of carbonyl (C=O) groups is 2. The summed E-state index contributed by atoms with van der Waals surface area (Å²) in [7, 11) is -3.61. The van der Waals surface area contributed by atoms with Gasteiger partial charge in [0.05, 0.1) is 11.9 Å². The van der Waals surface area contributed by atoms with Crippen LogP contribution in [0, 0.1) is 0 Å². The predicted octanol–water partition coefficient (Wildman–Crippen LogP) is 5.53. The first-order chi connectivity index (χ1) is 16.6. The Hall–Kier alpha value is -2.00. The topological polar surface area (TPSA) is 86.8 Å². The number of hydrogen-bond donors (Lipinski definition) is 1. The fourth-order valence-electron chi connectivity index (χ4n) is 3.53. The molecular formula is C25H32Cl3N3O4S. The van der Waals surface area contributed by atoms with Crippen molar-refractivity contribution in [3.05, 3.63) is 63.1 Å². The molecule has 0 bridgehead atoms. The molecule has 2 amide bonds. The molecule has 0 unspecified atom stereocenters. The molecule has 0 aliphatic rings. The first-order valence-corrected chi connectivity index (χ1v) is 14.4. The molecule has 0 aliphatic heterocycles. The van der Waals surface area contributed by atoms with Crippen LogP contribution in [0.5, 0.6) is 0 Å². The number of nitrogens with one attached hydrogen (secondary N) is 1. The summed E-state index contributed by atoms with van der Waals surface area (Å²) in [6, 6.07) is 10.7. The van der Waals surface area contributed by atoms with Crippen LogP contribution >= 0.6 is 34.8 Å². The molecule has 1 N–H and O–H groups in total. The van der Waals surface area contributed by atoms with Crippen molar-refractivity contribution in [3.8, 4) is 0 Å². The zero-order valence-corrected chi connectivity index (χ0v) is 24.1. The Balaban J connectivity index is 2.23. The molecule has 0 fully saturated rings. The number of anilines is 1. The van der Waals surface area contributed by atoms with Gasteiger partial charge in [0.25, 0.3) is 0 Å². The second-order valence-electron chi connectivity index (χ2n) is 9.59. The number of benzene rings is 2. The third-order valence-electron chi connectivity index (χ3n) is 5.27. The van der Waals surface area contributed by atoms with Crippen LogP contribution in [-0.4, -0.2) is 49.5 Å². The number of halogens is 3. The molecule has 198 valence electrons. The predicted molar refractivity (Wildman–Crippen MR) is 147 cm³/mol. The lowest BCUT2D eigenvalue weighted by Crippen LogP contribution is -2.52. The van der Waals surface area contributed by atoms with E-state index in [4.69, 9.17) is 34.8 Å². The van der Waals surface area contributed by atoms with E-state index in [1.807, 2.05) is 20.8 Å². The Labute approximate surface area is 228 Å². The number of nitrogens with zero attached hydrogens (tertiary/aromatic N) is 2. The van der Waals surface area contributed by atoms with Gasteiger partial charge in [-0.05, 0) is 70.0 Å². The van der Waals surface area contributed by atoms with Crippen LogP contribution in [0.25, 0.3) is 0 Å². The average molecular weight is 577 g/mol. The second-order valence-corrected chi connectivity index (χ2v) is 12.8. The lowest BCUT2D eigenvalue weighted by Gasteiger charge is -2.32. The number of amides is 2. The van der Waals surface area contributed by atoms with E-state index in [0.717, 1.165) is 6.26 Å². The van der Waals surface area contributed by atoms with Crippen LogP contribution in [0.15, 0.2) is 42.5 Å². The molecule has 0 saturated heterocycles. The first kappa shape index (κ1) is 30.2. The van der Waals surface area contributed by atoms with Gasteiger partial charge in [0, 0.05) is 40.1 Å². The van der Waals surface area contributed by atoms with E-state index >= 15 is 0 Å². The van der Waals surface area contributed by atoms with Crippen molar-refractivity contribution in [2.45, 2.75) is 58.7 Å². The quantitative estimate of drug-likeness (QED) is 0.403. The van der Waals surface area contributed by atoms with Gasteiger partial charge in [-0.15, -0.1) is 0 Å². The highest BCUT2D eigenvalue weighted by molar-refractivity contribution is 7.92. The van der Waals surface area contributed by atoms with Crippen LogP contribution in [-0.2, 0) is 26.2 Å². The molecular weight excluding hydrogens is 545 g/mol. The minimum absolute atomic E-state index is 0.0188. The third-order valence-corrected chi connectivity index (χ3v) is 7.29. The minimum Gasteiger partial charge on any atom is -0.350 e. The molecule has 2 rings (SSSR count). The Morgan fingerprint density at radius 2 is 1.67 bits per heavy atom. The van der Waals surface area contributed by atoms with Crippen LogP contribution in [0.2, 0.25) is 15.1 Å². The molecule has 2 aromatic rings. The third kappa shape index (κ3) is 9.14. The van der Waals surface area contributed by atoms with Crippen LogP contribution in [0.1, 0.15) is 46.1 Å². The van der Waals surface area contributed by atoms with Gasteiger partial charge < -0.3 is 10.2 Å². The molecule has 11 heteroatoms. The fraction of sp³-hybridized carbons (Fsp3) is 0.440. The largest absolute Gasteiger partial charge is 0.350 e. The maximum atomic E-state index is 13.3. The Bertz CT molecular complexity index is 1200. The van der Waals surface area contributed by atoms with Crippen molar-refractivity contribution in [2.24, 2.45) is 0 Å². The van der Waals surface area contributed by atoms with Crippen molar-refractivity contribution in [1.82, 2.24) is 10.2 Å². The van der Waals surface area contributed by atoms with Crippen molar-refractivity contribution in [3.63, 3.8) is 0 Å². The maximum Gasteiger partial charge on any atom is 0.242 e. The van der Waals surface area contributed by atoms with E-state index in [1.54, 1.807) is 49.4 Å². The summed E-state index contributed by atoms with van der Waals surface area (Å²) in [5.74, 6) is -0.616. The Morgan fingerprint density at radius 3 is 2.22 bits per heavy atom. The molecule has 0 radical (unpaired) electrons. The molecule has 1 atom stereocenters. The Kier molecular flexibility index (Phi) is 10.5. The zero-order chi connectivity index (χ0) is 27.3. The lowest BCUT2D eigenvalue weighted by atomic mass is 10.1. The van der Waals surface area contributed by atoms with Crippen molar-refractivity contribution in [1.29, 1.82) is 0 Å². The normalized spacial score (nSPS) is 12.7. The van der Waals surface area contributed by atoms with E-state index in [2.05, 4.69) is 5.32 Å². The van der Waals surface area contributed by atoms with Crippen molar-refractivity contribution < 1.29 is 18.0 Å². The number of carbonyl (C=O) groups excluding carboxylic acids is 2. The molecule has 0 saturated carbocycles. The van der Waals surface area contributed by atoms with Crippen LogP contribution in [0.4, 0.5) is 5.69 Å². The van der Waals surface area contributed by atoms with Gasteiger partial charge in [-0.25, -0.2) is 8.42 Å². The summed E-state index contributed by atoms with van der Waals surface area (Å²) < 4.78 is 26.0. The average Bonchev–Trinajstić information content (AvgIpc) is 2.73. The van der Waals surface area contributed by atoms with E-state index in [9.17, 15) is 18.0 Å². The highest BCUT2D eigenvalue weighted by Gasteiger charge is 2.29.